The summed E-state index contributed by atoms with van der Waals surface area (Å²) in [4.78, 5) is 11.7. The average molecular weight is 334 g/mol. The number of hydrogen-bond acceptors (Lipinski definition) is 5. The quantitative estimate of drug-likeness (QED) is 0.689. The van der Waals surface area contributed by atoms with E-state index in [0.29, 0.717) is 23.6 Å². The molecule has 0 aliphatic heterocycles. The van der Waals surface area contributed by atoms with Gasteiger partial charge in [-0.1, -0.05) is 0 Å². The summed E-state index contributed by atoms with van der Waals surface area (Å²) in [7, 11) is -3.40. The van der Waals surface area contributed by atoms with Crippen molar-refractivity contribution in [1.29, 1.82) is 0 Å². The minimum atomic E-state index is -3.84. The maximum atomic E-state index is 11.8. The minimum Gasteiger partial charge on any atom is -0.496 e. The summed E-state index contributed by atoms with van der Waals surface area (Å²) < 4.78 is 38.6. The molecule has 21 heavy (non-hydrogen) atoms. The Kier molecular flexibility index (Phi) is 6.31. The third kappa shape index (κ3) is 5.82. The highest BCUT2D eigenvalue weighted by Gasteiger charge is 2.14. The highest BCUT2D eigenvalue weighted by Crippen LogP contribution is 2.22. The molecule has 1 rings (SSSR count). The van der Waals surface area contributed by atoms with Gasteiger partial charge in [-0.25, -0.2) is 13.6 Å². The van der Waals surface area contributed by atoms with Gasteiger partial charge in [0.1, 0.15) is 5.75 Å². The smallest absolute Gasteiger partial charge is 0.238 e. The second-order valence-electron chi connectivity index (χ2n) is 4.32. The highest BCUT2D eigenvalue weighted by atomic mass is 32.2. The molecule has 0 saturated carbocycles. The first-order chi connectivity index (χ1) is 9.74. The Morgan fingerprint density at radius 2 is 2.10 bits per heavy atom. The van der Waals surface area contributed by atoms with Crippen molar-refractivity contribution in [3.63, 3.8) is 0 Å². The summed E-state index contributed by atoms with van der Waals surface area (Å²) in [5.41, 5.74) is 0.416. The Morgan fingerprint density at radius 1 is 1.43 bits per heavy atom. The van der Waals surface area contributed by atoms with Crippen molar-refractivity contribution in [2.24, 2.45) is 5.14 Å². The third-order valence-corrected chi connectivity index (χ3v) is 4.33. The maximum absolute atomic E-state index is 11.8. The van der Waals surface area contributed by atoms with E-state index in [1.807, 2.05) is 0 Å². The van der Waals surface area contributed by atoms with Crippen molar-refractivity contribution in [3.05, 3.63) is 23.8 Å². The van der Waals surface area contributed by atoms with E-state index >= 15 is 0 Å². The van der Waals surface area contributed by atoms with Gasteiger partial charge in [0, 0.05) is 34.9 Å². The molecule has 9 heteroatoms. The molecule has 0 aliphatic rings. The first-order valence-electron chi connectivity index (χ1n) is 6.00. The molecule has 1 aromatic rings. The van der Waals surface area contributed by atoms with Gasteiger partial charge in [0.25, 0.3) is 0 Å². The second kappa shape index (κ2) is 7.53. The molecular weight excluding hydrogens is 316 g/mol. The molecule has 1 aromatic carbocycles. The molecule has 7 nitrogen and oxygen atoms in total. The van der Waals surface area contributed by atoms with Crippen LogP contribution in [0.15, 0.2) is 23.1 Å². The van der Waals surface area contributed by atoms with Crippen LogP contribution >= 0.6 is 0 Å². The molecule has 0 saturated heterocycles. The summed E-state index contributed by atoms with van der Waals surface area (Å²) >= 11 is 0. The molecule has 0 radical (unpaired) electrons. The fraction of sp³-hybridized carbons (Fsp3) is 0.417. The van der Waals surface area contributed by atoms with Gasteiger partial charge in [-0.2, -0.15) is 0 Å². The molecule has 3 N–H and O–H groups in total. The normalized spacial score (nSPS) is 12.7. The van der Waals surface area contributed by atoms with Crippen LogP contribution in [0.4, 0.5) is 0 Å². The molecule has 0 fully saturated rings. The third-order valence-electron chi connectivity index (χ3n) is 2.64. The van der Waals surface area contributed by atoms with Crippen LogP contribution in [0.25, 0.3) is 0 Å². The average Bonchev–Trinajstić information content (AvgIpc) is 2.37. The number of rotatable bonds is 7. The fourth-order valence-electron chi connectivity index (χ4n) is 1.64. The van der Waals surface area contributed by atoms with Crippen LogP contribution in [-0.2, 0) is 32.0 Å². The van der Waals surface area contributed by atoms with Crippen molar-refractivity contribution in [2.45, 2.75) is 11.3 Å². The minimum absolute atomic E-state index is 0.0527. The van der Waals surface area contributed by atoms with Crippen molar-refractivity contribution in [2.75, 3.05) is 25.7 Å². The Bertz CT molecular complexity index is 643. The Balaban J connectivity index is 2.85. The van der Waals surface area contributed by atoms with Gasteiger partial charge < -0.3 is 10.1 Å². The zero-order chi connectivity index (χ0) is 16.0. The zero-order valence-corrected chi connectivity index (χ0v) is 13.4. The van der Waals surface area contributed by atoms with Crippen LogP contribution in [0.2, 0.25) is 0 Å². The Labute approximate surface area is 126 Å². The molecule has 0 heterocycles. The molecular formula is C12H18N2O5S2. The number of nitrogens with two attached hydrogens (primary N) is 1. The van der Waals surface area contributed by atoms with E-state index in [9.17, 15) is 17.4 Å². The molecule has 0 bridgehead atoms. The lowest BCUT2D eigenvalue weighted by atomic mass is 10.1. The molecule has 0 aromatic heterocycles. The van der Waals surface area contributed by atoms with Crippen molar-refractivity contribution in [1.82, 2.24) is 5.32 Å². The summed E-state index contributed by atoms with van der Waals surface area (Å²) in [6.07, 6.45) is 1.49. The van der Waals surface area contributed by atoms with Crippen molar-refractivity contribution < 1.29 is 22.2 Å². The number of nitrogens with one attached hydrogen (secondary N) is 1. The summed E-state index contributed by atoms with van der Waals surface area (Å²) in [5.74, 6) is 0.446. The summed E-state index contributed by atoms with van der Waals surface area (Å²) in [6.45, 7) is 0.291. The van der Waals surface area contributed by atoms with Crippen LogP contribution in [0, 0.1) is 0 Å². The van der Waals surface area contributed by atoms with Gasteiger partial charge >= 0.3 is 0 Å². The SMILES string of the molecule is COc1ccc(S(N)(=O)=O)cc1CC(=O)NCCS(C)=O. The number of ether oxygens (including phenoxy) is 1. The number of amides is 1. The zero-order valence-electron chi connectivity index (χ0n) is 11.8. The van der Waals surface area contributed by atoms with Crippen molar-refractivity contribution >= 4 is 26.7 Å². The number of methoxy groups -OCH3 is 1. The first kappa shape index (κ1) is 17.6. The molecule has 0 spiro atoms. The predicted molar refractivity (Wildman–Crippen MR) is 80.0 cm³/mol. The van der Waals surface area contributed by atoms with Crippen LogP contribution in [0.5, 0.6) is 5.75 Å². The lowest BCUT2D eigenvalue weighted by molar-refractivity contribution is -0.120. The maximum Gasteiger partial charge on any atom is 0.238 e. The van der Waals surface area contributed by atoms with E-state index in [0.717, 1.165) is 0 Å². The van der Waals surface area contributed by atoms with Crippen LogP contribution in [-0.4, -0.2) is 44.2 Å². The first-order valence-corrected chi connectivity index (χ1v) is 9.28. The summed E-state index contributed by atoms with van der Waals surface area (Å²) in [5, 5.41) is 7.66. The number of sulfonamides is 1. The summed E-state index contributed by atoms with van der Waals surface area (Å²) in [6, 6.07) is 4.07. The highest BCUT2D eigenvalue weighted by molar-refractivity contribution is 7.89. The molecule has 0 aliphatic carbocycles. The lowest BCUT2D eigenvalue weighted by Gasteiger charge is -2.10. The second-order valence-corrected chi connectivity index (χ2v) is 7.44. The predicted octanol–water partition coefficient (Wildman–Crippen LogP) is -0.620. The van der Waals surface area contributed by atoms with E-state index < -0.39 is 20.8 Å². The van der Waals surface area contributed by atoms with E-state index in [-0.39, 0.29) is 17.2 Å². The molecule has 1 atom stereocenters. The van der Waals surface area contributed by atoms with Crippen molar-refractivity contribution in [3.8, 4) is 5.75 Å². The van der Waals surface area contributed by atoms with Crippen LogP contribution in [0.1, 0.15) is 5.56 Å². The molecule has 118 valence electrons. The van der Waals surface area contributed by atoms with E-state index in [2.05, 4.69) is 5.32 Å². The fourth-order valence-corrected chi connectivity index (χ4v) is 2.59. The molecule has 1 unspecified atom stereocenters. The van der Waals surface area contributed by atoms with Crippen LogP contribution in [0.3, 0.4) is 0 Å². The van der Waals surface area contributed by atoms with Gasteiger partial charge in [0.15, 0.2) is 0 Å². The Hall–Kier alpha value is -1.45. The topological polar surface area (TPSA) is 116 Å². The number of carbonyl (C=O) groups is 1. The number of benzene rings is 1. The van der Waals surface area contributed by atoms with E-state index in [1.165, 1.54) is 25.3 Å². The number of carbonyl (C=O) groups excluding carboxylic acids is 1. The number of primary sulfonamides is 1. The van der Waals surface area contributed by atoms with Gasteiger partial charge in [-0.05, 0) is 18.2 Å². The van der Waals surface area contributed by atoms with Gasteiger partial charge in [0.05, 0.1) is 18.4 Å². The van der Waals surface area contributed by atoms with Crippen LogP contribution < -0.4 is 15.2 Å². The Morgan fingerprint density at radius 3 is 2.62 bits per heavy atom. The van der Waals surface area contributed by atoms with Gasteiger partial charge in [0.2, 0.25) is 15.9 Å². The van der Waals surface area contributed by atoms with Gasteiger partial charge in [-0.15, -0.1) is 0 Å². The lowest BCUT2D eigenvalue weighted by Crippen LogP contribution is -2.29. The number of hydrogen-bond donors (Lipinski definition) is 2. The van der Waals surface area contributed by atoms with E-state index in [4.69, 9.17) is 9.88 Å². The van der Waals surface area contributed by atoms with Gasteiger partial charge in [-0.3, -0.25) is 9.00 Å². The van der Waals surface area contributed by atoms with E-state index in [1.54, 1.807) is 6.26 Å². The largest absolute Gasteiger partial charge is 0.496 e. The monoisotopic (exact) mass is 334 g/mol. The molecule has 1 amide bonds. The standard InChI is InChI=1S/C12H18N2O5S2/c1-19-11-4-3-10(21(13,17)18)7-9(11)8-12(15)14-5-6-20(2)16/h3-4,7H,5-6,8H2,1-2H3,(H,14,15)(H2,13,17,18).